The number of aromatic nitrogens is 3. The zero-order valence-corrected chi connectivity index (χ0v) is 19.5. The van der Waals surface area contributed by atoms with Crippen molar-refractivity contribution in [2.75, 3.05) is 0 Å². The van der Waals surface area contributed by atoms with Crippen LogP contribution < -0.4 is 28.9 Å². The SMILES string of the molecule is CC(C)O[n+]1cccc([O-])c1.CC(C)Oc1ccc[n+]([O-])c1.CC(C)Oc1ccncc1. The average Bonchev–Trinajstić information content (AvgIpc) is 2.68. The van der Waals surface area contributed by atoms with Gasteiger partial charge in [-0.2, -0.15) is 4.73 Å². The molecule has 32 heavy (non-hydrogen) atoms. The van der Waals surface area contributed by atoms with Crippen LogP contribution in [0, 0.1) is 5.21 Å². The zero-order chi connectivity index (χ0) is 23.9. The summed E-state index contributed by atoms with van der Waals surface area (Å²) in [7, 11) is 0. The summed E-state index contributed by atoms with van der Waals surface area (Å²) in [5.41, 5.74) is 0. The Balaban J connectivity index is 0.000000240. The zero-order valence-electron chi connectivity index (χ0n) is 19.5. The van der Waals surface area contributed by atoms with Crippen molar-refractivity contribution in [3.8, 4) is 17.2 Å². The van der Waals surface area contributed by atoms with Crippen molar-refractivity contribution in [1.82, 2.24) is 4.98 Å². The quantitative estimate of drug-likeness (QED) is 0.430. The summed E-state index contributed by atoms with van der Waals surface area (Å²) in [6.45, 7) is 11.7. The van der Waals surface area contributed by atoms with E-state index >= 15 is 0 Å². The standard InChI is InChI=1S/2C8H11NO2.C8H11NO/c1-7(2)11-8-4-3-5-9(10)6-8;1-7(2)11-9-5-3-4-8(10)6-9;1-7(2)10-8-3-5-9-6-4-8/h2*3-7H,1-2H3;3-7H,1-2H3. The van der Waals surface area contributed by atoms with Gasteiger partial charge in [-0.15, -0.1) is 0 Å². The molecule has 3 heterocycles. The second-order valence-electron chi connectivity index (χ2n) is 7.47. The molecule has 0 fully saturated rings. The molecule has 8 nitrogen and oxygen atoms in total. The minimum Gasteiger partial charge on any atom is -0.868 e. The molecule has 0 spiro atoms. The summed E-state index contributed by atoms with van der Waals surface area (Å²) in [6.07, 6.45) is 9.80. The third-order valence-corrected chi connectivity index (χ3v) is 3.22. The van der Waals surface area contributed by atoms with Gasteiger partial charge in [0.1, 0.15) is 5.75 Å². The molecule has 0 bridgehead atoms. The summed E-state index contributed by atoms with van der Waals surface area (Å²) < 4.78 is 12.8. The normalized spacial score (nSPS) is 10.0. The Morgan fingerprint density at radius 1 is 0.750 bits per heavy atom. The highest BCUT2D eigenvalue weighted by molar-refractivity contribution is 5.16. The van der Waals surface area contributed by atoms with E-state index in [-0.39, 0.29) is 24.1 Å². The van der Waals surface area contributed by atoms with E-state index in [1.54, 1.807) is 36.8 Å². The van der Waals surface area contributed by atoms with E-state index < -0.39 is 0 Å². The van der Waals surface area contributed by atoms with Gasteiger partial charge in [0, 0.05) is 29.3 Å². The molecule has 3 aromatic rings. The van der Waals surface area contributed by atoms with Gasteiger partial charge in [-0.1, -0.05) is 6.07 Å². The van der Waals surface area contributed by atoms with Crippen molar-refractivity contribution in [3.63, 3.8) is 0 Å². The lowest BCUT2D eigenvalue weighted by molar-refractivity contribution is -0.898. The Kier molecular flexibility index (Phi) is 12.0. The lowest BCUT2D eigenvalue weighted by Gasteiger charge is -2.07. The van der Waals surface area contributed by atoms with Crippen LogP contribution >= 0.6 is 0 Å². The fraction of sp³-hybridized carbons (Fsp3) is 0.375. The van der Waals surface area contributed by atoms with Crippen LogP contribution in [0.4, 0.5) is 0 Å². The Morgan fingerprint density at radius 2 is 1.34 bits per heavy atom. The van der Waals surface area contributed by atoms with E-state index in [2.05, 4.69) is 4.98 Å². The highest BCUT2D eigenvalue weighted by Crippen LogP contribution is 2.08. The van der Waals surface area contributed by atoms with Crippen LogP contribution in [0.15, 0.2) is 73.6 Å². The molecule has 0 aromatic carbocycles. The molecule has 0 saturated heterocycles. The molecule has 0 unspecified atom stereocenters. The summed E-state index contributed by atoms with van der Waals surface area (Å²) in [5.74, 6) is 1.44. The minimum absolute atomic E-state index is 0.0480. The molecule has 174 valence electrons. The Morgan fingerprint density at radius 3 is 1.88 bits per heavy atom. The Bertz CT molecular complexity index is 838. The minimum atomic E-state index is -0.0480. The molecule has 0 N–H and O–H groups in total. The van der Waals surface area contributed by atoms with Crippen molar-refractivity contribution < 1.29 is 28.9 Å². The summed E-state index contributed by atoms with van der Waals surface area (Å²) >= 11 is 0. The molecule has 0 radical (unpaired) electrons. The molecule has 0 saturated carbocycles. The molecule has 3 rings (SSSR count). The first-order valence-electron chi connectivity index (χ1n) is 10.4. The molecule has 0 aliphatic heterocycles. The predicted octanol–water partition coefficient (Wildman–Crippen LogP) is 2.86. The maximum absolute atomic E-state index is 10.8. The van der Waals surface area contributed by atoms with Crippen molar-refractivity contribution in [1.29, 1.82) is 0 Å². The van der Waals surface area contributed by atoms with Gasteiger partial charge in [0.15, 0.2) is 18.1 Å². The van der Waals surface area contributed by atoms with E-state index in [0.29, 0.717) is 5.75 Å². The molecule has 0 atom stereocenters. The summed E-state index contributed by atoms with van der Waals surface area (Å²) in [6, 6.07) is 10.3. The van der Waals surface area contributed by atoms with Crippen LogP contribution in [-0.2, 0) is 0 Å². The Hall–Kier alpha value is -3.55. The second-order valence-corrected chi connectivity index (χ2v) is 7.47. The van der Waals surface area contributed by atoms with E-state index in [1.165, 1.54) is 29.4 Å². The van der Waals surface area contributed by atoms with Crippen molar-refractivity contribution in [3.05, 3.63) is 78.8 Å². The number of hydrogen-bond donors (Lipinski definition) is 0. The van der Waals surface area contributed by atoms with E-state index in [1.807, 2.05) is 53.7 Å². The van der Waals surface area contributed by atoms with Crippen LogP contribution in [0.3, 0.4) is 0 Å². The summed E-state index contributed by atoms with van der Waals surface area (Å²) in [4.78, 5) is 9.08. The highest BCUT2D eigenvalue weighted by Gasteiger charge is 2.02. The fourth-order valence-corrected chi connectivity index (χ4v) is 2.21. The molecule has 0 aliphatic carbocycles. The van der Waals surface area contributed by atoms with Gasteiger partial charge in [-0.05, 0) is 65.5 Å². The molecular formula is C24H33N3O5. The van der Waals surface area contributed by atoms with Crippen LogP contribution in [0.2, 0.25) is 0 Å². The molecular weight excluding hydrogens is 410 g/mol. The lowest BCUT2D eigenvalue weighted by Crippen LogP contribution is -2.45. The number of nitrogens with zero attached hydrogens (tertiary/aromatic N) is 3. The first kappa shape index (κ1) is 26.5. The number of rotatable bonds is 6. The number of pyridine rings is 3. The number of hydrogen-bond acceptors (Lipinski definition) is 6. The van der Waals surface area contributed by atoms with Crippen LogP contribution in [0.5, 0.6) is 17.2 Å². The maximum atomic E-state index is 10.8. The third kappa shape index (κ3) is 12.9. The van der Waals surface area contributed by atoms with Gasteiger partial charge >= 0.3 is 0 Å². The summed E-state index contributed by atoms with van der Waals surface area (Å²) in [5, 5.41) is 21.5. The predicted molar refractivity (Wildman–Crippen MR) is 119 cm³/mol. The first-order chi connectivity index (χ1) is 15.2. The first-order valence-corrected chi connectivity index (χ1v) is 10.4. The van der Waals surface area contributed by atoms with Crippen molar-refractivity contribution in [2.24, 2.45) is 0 Å². The van der Waals surface area contributed by atoms with E-state index in [9.17, 15) is 10.3 Å². The topological polar surface area (TPSA) is 94.5 Å². The smallest absolute Gasteiger partial charge is 0.222 e. The van der Waals surface area contributed by atoms with E-state index in [0.717, 1.165) is 10.5 Å². The van der Waals surface area contributed by atoms with Gasteiger partial charge in [-0.25, -0.2) is 0 Å². The monoisotopic (exact) mass is 443 g/mol. The van der Waals surface area contributed by atoms with Crippen LogP contribution in [-0.4, -0.2) is 23.3 Å². The second kappa shape index (κ2) is 14.5. The van der Waals surface area contributed by atoms with Crippen molar-refractivity contribution in [2.45, 2.75) is 59.9 Å². The lowest BCUT2D eigenvalue weighted by atomic mass is 10.4. The largest absolute Gasteiger partial charge is 0.868 e. The Labute approximate surface area is 190 Å². The van der Waals surface area contributed by atoms with E-state index in [4.69, 9.17) is 14.3 Å². The van der Waals surface area contributed by atoms with Gasteiger partial charge in [0.2, 0.25) is 18.6 Å². The average molecular weight is 444 g/mol. The fourth-order valence-electron chi connectivity index (χ4n) is 2.21. The molecule has 0 amide bonds. The van der Waals surface area contributed by atoms with Crippen molar-refractivity contribution >= 4 is 0 Å². The van der Waals surface area contributed by atoms with Crippen LogP contribution in [0.1, 0.15) is 41.5 Å². The molecule has 8 heteroatoms. The molecule has 0 aliphatic rings. The van der Waals surface area contributed by atoms with Crippen LogP contribution in [0.25, 0.3) is 0 Å². The van der Waals surface area contributed by atoms with Gasteiger partial charge in [0.05, 0.1) is 12.2 Å². The maximum Gasteiger partial charge on any atom is 0.222 e. The molecule has 3 aromatic heterocycles. The van der Waals surface area contributed by atoms with Gasteiger partial charge < -0.3 is 19.8 Å². The van der Waals surface area contributed by atoms with Gasteiger partial charge in [0.25, 0.3) is 0 Å². The highest BCUT2D eigenvalue weighted by atomic mass is 16.7. The van der Waals surface area contributed by atoms with Gasteiger partial charge in [-0.3, -0.25) is 9.82 Å². The number of ether oxygens (including phenoxy) is 2. The third-order valence-electron chi connectivity index (χ3n) is 3.22.